The molecule has 0 rings (SSSR count). The lowest BCUT2D eigenvalue weighted by molar-refractivity contribution is 0.0170. The SMILES string of the molecule is CCS(=O)(=O)NCCS(=O)(=O)NCC(F)(F)CN. The van der Waals surface area contributed by atoms with Crippen molar-refractivity contribution >= 4 is 20.0 Å². The van der Waals surface area contributed by atoms with Crippen LogP contribution < -0.4 is 15.2 Å². The molecule has 0 amide bonds. The van der Waals surface area contributed by atoms with Crippen molar-refractivity contribution in [3.05, 3.63) is 0 Å². The zero-order chi connectivity index (χ0) is 14.4. The van der Waals surface area contributed by atoms with Gasteiger partial charge < -0.3 is 5.73 Å². The van der Waals surface area contributed by atoms with Crippen molar-refractivity contribution in [1.82, 2.24) is 9.44 Å². The van der Waals surface area contributed by atoms with Gasteiger partial charge in [-0.15, -0.1) is 0 Å². The van der Waals surface area contributed by atoms with Crippen molar-refractivity contribution in [3.63, 3.8) is 0 Å². The zero-order valence-corrected chi connectivity index (χ0v) is 11.5. The lowest BCUT2D eigenvalue weighted by Gasteiger charge is -2.14. The van der Waals surface area contributed by atoms with Crippen molar-refractivity contribution in [2.45, 2.75) is 12.8 Å². The molecule has 11 heteroatoms. The normalized spacial score (nSPS) is 13.8. The summed E-state index contributed by atoms with van der Waals surface area (Å²) in [6.07, 6.45) is 0. The van der Waals surface area contributed by atoms with Crippen LogP contribution in [0.15, 0.2) is 0 Å². The number of alkyl halides is 2. The van der Waals surface area contributed by atoms with Crippen molar-refractivity contribution in [2.75, 3.05) is 31.1 Å². The minimum absolute atomic E-state index is 0.189. The van der Waals surface area contributed by atoms with Crippen LogP contribution in [0.4, 0.5) is 8.78 Å². The van der Waals surface area contributed by atoms with Gasteiger partial charge in [0.05, 0.1) is 24.6 Å². The lowest BCUT2D eigenvalue weighted by Crippen LogP contribution is -2.43. The maximum Gasteiger partial charge on any atom is 0.273 e. The summed E-state index contributed by atoms with van der Waals surface area (Å²) in [6.45, 7) is -1.07. The first kappa shape index (κ1) is 17.6. The molecule has 0 spiro atoms. The van der Waals surface area contributed by atoms with E-state index in [1.165, 1.54) is 6.92 Å². The largest absolute Gasteiger partial charge is 0.325 e. The first-order chi connectivity index (χ1) is 8.04. The fourth-order valence-electron chi connectivity index (χ4n) is 0.793. The smallest absolute Gasteiger partial charge is 0.273 e. The van der Waals surface area contributed by atoms with E-state index in [-0.39, 0.29) is 12.3 Å². The van der Waals surface area contributed by atoms with Gasteiger partial charge in [-0.1, -0.05) is 0 Å². The molecule has 0 aliphatic rings. The number of hydrogen-bond donors (Lipinski definition) is 3. The van der Waals surface area contributed by atoms with Crippen LogP contribution in [0.2, 0.25) is 0 Å². The summed E-state index contributed by atoms with van der Waals surface area (Å²) < 4.78 is 73.5. The van der Waals surface area contributed by atoms with Crippen molar-refractivity contribution in [3.8, 4) is 0 Å². The maximum absolute atomic E-state index is 12.7. The van der Waals surface area contributed by atoms with Gasteiger partial charge in [0.1, 0.15) is 0 Å². The molecular formula is C7H17F2N3O4S2. The molecule has 0 aromatic heterocycles. The maximum atomic E-state index is 12.7. The van der Waals surface area contributed by atoms with Crippen molar-refractivity contribution < 1.29 is 25.6 Å². The molecule has 0 fully saturated rings. The van der Waals surface area contributed by atoms with Gasteiger partial charge in [0.25, 0.3) is 5.92 Å². The minimum Gasteiger partial charge on any atom is -0.325 e. The second-order valence-electron chi connectivity index (χ2n) is 3.50. The molecule has 18 heavy (non-hydrogen) atoms. The van der Waals surface area contributed by atoms with Gasteiger partial charge in [0, 0.05) is 6.54 Å². The lowest BCUT2D eigenvalue weighted by atomic mass is 10.3. The highest BCUT2D eigenvalue weighted by molar-refractivity contribution is 7.90. The molecule has 0 saturated heterocycles. The second kappa shape index (κ2) is 6.70. The van der Waals surface area contributed by atoms with Crippen LogP contribution in [0.25, 0.3) is 0 Å². The summed E-state index contributed by atoms with van der Waals surface area (Å²) in [5.41, 5.74) is 4.73. The molecule has 0 saturated carbocycles. The first-order valence-corrected chi connectivity index (χ1v) is 8.36. The number of rotatable bonds is 9. The number of nitrogens with two attached hydrogens (primary N) is 1. The van der Waals surface area contributed by atoms with E-state index in [4.69, 9.17) is 5.73 Å². The zero-order valence-electron chi connectivity index (χ0n) is 9.82. The summed E-state index contributed by atoms with van der Waals surface area (Å²) in [5.74, 6) is -4.13. The summed E-state index contributed by atoms with van der Waals surface area (Å²) in [4.78, 5) is 0. The van der Waals surface area contributed by atoms with Gasteiger partial charge in [-0.2, -0.15) is 0 Å². The van der Waals surface area contributed by atoms with E-state index in [1.54, 1.807) is 4.72 Å². The third-order valence-electron chi connectivity index (χ3n) is 1.92. The molecule has 0 aliphatic carbocycles. The van der Waals surface area contributed by atoms with Gasteiger partial charge >= 0.3 is 0 Å². The summed E-state index contributed by atoms with van der Waals surface area (Å²) in [5, 5.41) is 0. The Morgan fingerprint density at radius 1 is 1.11 bits per heavy atom. The van der Waals surface area contributed by atoms with E-state index >= 15 is 0 Å². The van der Waals surface area contributed by atoms with E-state index < -0.39 is 44.8 Å². The fraction of sp³-hybridized carbons (Fsp3) is 1.00. The molecule has 0 heterocycles. The molecule has 7 nitrogen and oxygen atoms in total. The van der Waals surface area contributed by atoms with Gasteiger partial charge in [0.15, 0.2) is 0 Å². The molecule has 0 aromatic carbocycles. The monoisotopic (exact) mass is 309 g/mol. The highest BCUT2D eigenvalue weighted by atomic mass is 32.2. The van der Waals surface area contributed by atoms with Gasteiger partial charge in [-0.3, -0.25) is 0 Å². The molecular weight excluding hydrogens is 292 g/mol. The highest BCUT2D eigenvalue weighted by Gasteiger charge is 2.28. The topological polar surface area (TPSA) is 118 Å². The molecule has 0 unspecified atom stereocenters. The Morgan fingerprint density at radius 3 is 2.11 bits per heavy atom. The third kappa shape index (κ3) is 7.87. The highest BCUT2D eigenvalue weighted by Crippen LogP contribution is 2.09. The Kier molecular flexibility index (Phi) is 6.57. The van der Waals surface area contributed by atoms with Crippen LogP contribution >= 0.6 is 0 Å². The van der Waals surface area contributed by atoms with Crippen LogP contribution in [0.5, 0.6) is 0 Å². The average molecular weight is 309 g/mol. The summed E-state index contributed by atoms with van der Waals surface area (Å²) in [6, 6.07) is 0. The van der Waals surface area contributed by atoms with Gasteiger partial charge in [-0.05, 0) is 6.92 Å². The molecule has 0 aromatic rings. The Balaban J connectivity index is 4.19. The molecule has 0 aliphatic heterocycles. The Bertz CT molecular complexity index is 449. The Hall–Kier alpha value is -0.360. The van der Waals surface area contributed by atoms with Crippen LogP contribution in [0.3, 0.4) is 0 Å². The molecule has 0 atom stereocenters. The Morgan fingerprint density at radius 2 is 1.67 bits per heavy atom. The number of halogens is 2. The van der Waals surface area contributed by atoms with E-state index in [9.17, 15) is 25.6 Å². The van der Waals surface area contributed by atoms with Gasteiger partial charge in [-0.25, -0.2) is 35.1 Å². The van der Waals surface area contributed by atoms with E-state index in [0.29, 0.717) is 0 Å². The fourth-order valence-corrected chi connectivity index (χ4v) is 2.49. The molecule has 110 valence electrons. The summed E-state index contributed by atoms with van der Waals surface area (Å²) >= 11 is 0. The molecule has 0 radical (unpaired) electrons. The average Bonchev–Trinajstić information content (AvgIpc) is 2.26. The van der Waals surface area contributed by atoms with E-state index in [2.05, 4.69) is 0 Å². The quantitative estimate of drug-likeness (QED) is 0.476. The number of nitrogens with one attached hydrogen (secondary N) is 2. The van der Waals surface area contributed by atoms with E-state index in [1.807, 2.05) is 4.72 Å². The predicted molar refractivity (Wildman–Crippen MR) is 63.3 cm³/mol. The third-order valence-corrected chi connectivity index (χ3v) is 4.65. The van der Waals surface area contributed by atoms with E-state index in [0.717, 1.165) is 0 Å². The van der Waals surface area contributed by atoms with Crippen molar-refractivity contribution in [2.24, 2.45) is 5.73 Å². The number of hydrogen-bond acceptors (Lipinski definition) is 5. The predicted octanol–water partition coefficient (Wildman–Crippen LogP) is -1.56. The van der Waals surface area contributed by atoms with Gasteiger partial charge in [0.2, 0.25) is 20.0 Å². The second-order valence-corrected chi connectivity index (χ2v) is 7.52. The molecule has 4 N–H and O–H groups in total. The first-order valence-electron chi connectivity index (χ1n) is 5.06. The van der Waals surface area contributed by atoms with Crippen LogP contribution in [0.1, 0.15) is 6.92 Å². The molecule has 0 bridgehead atoms. The van der Waals surface area contributed by atoms with Crippen molar-refractivity contribution in [1.29, 1.82) is 0 Å². The number of sulfonamides is 2. The Labute approximate surface area is 105 Å². The standard InChI is InChI=1S/C7H17F2N3O4S2/c1-2-17(13,14)11-3-4-18(15,16)12-6-7(8,9)5-10/h11-12H,2-6,10H2,1H3. The minimum atomic E-state index is -3.97. The summed E-state index contributed by atoms with van der Waals surface area (Å²) in [7, 11) is -7.47. The van der Waals surface area contributed by atoms with Crippen LogP contribution in [0, 0.1) is 0 Å². The van der Waals surface area contributed by atoms with Crippen LogP contribution in [-0.2, 0) is 20.0 Å². The van der Waals surface area contributed by atoms with Crippen LogP contribution in [-0.4, -0.2) is 53.9 Å².